The van der Waals surface area contributed by atoms with Crippen molar-refractivity contribution < 1.29 is 9.53 Å². The Kier molecular flexibility index (Phi) is 4.18. The molecule has 1 saturated heterocycles. The van der Waals surface area contributed by atoms with E-state index < -0.39 is 5.54 Å². The molecule has 20 heavy (non-hydrogen) atoms. The zero-order valence-electron chi connectivity index (χ0n) is 13.6. The zero-order chi connectivity index (χ0) is 15.1. The first kappa shape index (κ1) is 15.8. The Morgan fingerprint density at radius 2 is 2.15 bits per heavy atom. The number of hydrogen-bond donors (Lipinski definition) is 1. The molecule has 2 rings (SSSR count). The first-order valence-corrected chi connectivity index (χ1v) is 7.96. The molecular weight excluding hydrogens is 252 g/mol. The van der Waals surface area contributed by atoms with Gasteiger partial charge in [-0.15, -0.1) is 0 Å². The Morgan fingerprint density at radius 1 is 1.50 bits per heavy atom. The molecule has 0 bridgehead atoms. The molecule has 4 unspecified atom stereocenters. The van der Waals surface area contributed by atoms with Crippen LogP contribution >= 0.6 is 0 Å². The Hall–Kier alpha value is -0.610. The van der Waals surface area contributed by atoms with Crippen molar-refractivity contribution in [1.82, 2.24) is 4.90 Å². The molecule has 0 spiro atoms. The van der Waals surface area contributed by atoms with Crippen LogP contribution in [0, 0.1) is 11.3 Å². The molecule has 2 aliphatic rings. The van der Waals surface area contributed by atoms with E-state index in [0.29, 0.717) is 0 Å². The summed E-state index contributed by atoms with van der Waals surface area (Å²) in [7, 11) is 1.89. The van der Waals surface area contributed by atoms with Gasteiger partial charge in [-0.1, -0.05) is 27.2 Å². The molecule has 4 atom stereocenters. The van der Waals surface area contributed by atoms with E-state index in [-0.39, 0.29) is 29.4 Å². The molecule has 4 heteroatoms. The van der Waals surface area contributed by atoms with Crippen LogP contribution < -0.4 is 5.73 Å². The fourth-order valence-corrected chi connectivity index (χ4v) is 4.11. The van der Waals surface area contributed by atoms with E-state index in [1.165, 1.54) is 0 Å². The van der Waals surface area contributed by atoms with Gasteiger partial charge in [0.2, 0.25) is 5.91 Å². The van der Waals surface area contributed by atoms with Crippen LogP contribution in [-0.4, -0.2) is 42.1 Å². The van der Waals surface area contributed by atoms with Crippen molar-refractivity contribution in [2.45, 2.75) is 71.1 Å². The molecule has 0 aromatic heterocycles. The summed E-state index contributed by atoms with van der Waals surface area (Å²) in [5.74, 6) is 0.269. The van der Waals surface area contributed by atoms with Crippen molar-refractivity contribution >= 4 is 5.91 Å². The minimum atomic E-state index is -0.769. The van der Waals surface area contributed by atoms with Gasteiger partial charge in [0.1, 0.15) is 5.54 Å². The predicted octanol–water partition coefficient (Wildman–Crippen LogP) is 2.17. The van der Waals surface area contributed by atoms with Gasteiger partial charge in [0.05, 0.1) is 6.10 Å². The second-order valence-corrected chi connectivity index (χ2v) is 7.18. The normalized spacial score (nSPS) is 36.7. The van der Waals surface area contributed by atoms with E-state index in [9.17, 15) is 4.79 Å². The molecule has 2 N–H and O–H groups in total. The maximum atomic E-state index is 13.0. The maximum Gasteiger partial charge on any atom is 0.243 e. The van der Waals surface area contributed by atoms with Crippen LogP contribution in [0.3, 0.4) is 0 Å². The van der Waals surface area contributed by atoms with Crippen LogP contribution in [-0.2, 0) is 9.53 Å². The van der Waals surface area contributed by atoms with Crippen LogP contribution in [0.1, 0.15) is 53.4 Å². The van der Waals surface area contributed by atoms with E-state index in [2.05, 4.69) is 27.7 Å². The van der Waals surface area contributed by atoms with Gasteiger partial charge in [0.25, 0.3) is 0 Å². The predicted molar refractivity (Wildman–Crippen MR) is 80.3 cm³/mol. The topological polar surface area (TPSA) is 55.6 Å². The summed E-state index contributed by atoms with van der Waals surface area (Å²) in [5, 5.41) is 0. The Morgan fingerprint density at radius 3 is 2.75 bits per heavy atom. The van der Waals surface area contributed by atoms with Crippen LogP contribution in [0.4, 0.5) is 0 Å². The highest BCUT2D eigenvalue weighted by atomic mass is 16.5. The molecule has 0 aromatic rings. The third-order valence-electron chi connectivity index (χ3n) is 5.73. The smallest absolute Gasteiger partial charge is 0.243 e. The molecule has 0 radical (unpaired) electrons. The second kappa shape index (κ2) is 5.30. The molecule has 1 aliphatic carbocycles. The minimum Gasteiger partial charge on any atom is -0.377 e. The number of rotatable bonds is 4. The number of likely N-dealkylation sites (N-methyl/N-ethyl adjacent to an activating group) is 1. The SMILES string of the molecule is CCCC(C)N(C)C(=O)C1(N)C2CCCOC2C1(C)C. The van der Waals surface area contributed by atoms with Gasteiger partial charge in [0, 0.05) is 31.0 Å². The van der Waals surface area contributed by atoms with Crippen LogP contribution in [0.15, 0.2) is 0 Å². The lowest BCUT2D eigenvalue weighted by Crippen LogP contribution is -2.82. The number of hydrogen-bond acceptors (Lipinski definition) is 3. The standard InChI is InChI=1S/C16H30N2O2/c1-6-8-11(2)18(5)14(19)16(17)12-9-7-10-20-13(12)15(16,3)4/h11-13H,6-10,17H2,1-5H3. The lowest BCUT2D eigenvalue weighted by Gasteiger charge is -2.65. The van der Waals surface area contributed by atoms with Crippen LogP contribution in [0.25, 0.3) is 0 Å². The fourth-order valence-electron chi connectivity index (χ4n) is 4.11. The molecule has 4 nitrogen and oxygen atoms in total. The average molecular weight is 282 g/mol. The number of carbonyl (C=O) groups excluding carboxylic acids is 1. The quantitative estimate of drug-likeness (QED) is 0.859. The Balaban J connectivity index is 2.19. The van der Waals surface area contributed by atoms with Gasteiger partial charge in [-0.05, 0) is 26.2 Å². The summed E-state index contributed by atoms with van der Waals surface area (Å²) in [4.78, 5) is 14.8. The summed E-state index contributed by atoms with van der Waals surface area (Å²) in [6.07, 6.45) is 4.25. The van der Waals surface area contributed by atoms with Gasteiger partial charge in [0.15, 0.2) is 0 Å². The van der Waals surface area contributed by atoms with E-state index >= 15 is 0 Å². The van der Waals surface area contributed by atoms with Crippen LogP contribution in [0.5, 0.6) is 0 Å². The lowest BCUT2D eigenvalue weighted by molar-refractivity contribution is -0.230. The van der Waals surface area contributed by atoms with E-state index in [1.807, 2.05) is 11.9 Å². The van der Waals surface area contributed by atoms with Crippen LogP contribution in [0.2, 0.25) is 0 Å². The molecule has 1 saturated carbocycles. The Bertz CT molecular complexity index is 383. The molecular formula is C16H30N2O2. The first-order valence-electron chi connectivity index (χ1n) is 7.96. The van der Waals surface area contributed by atoms with Gasteiger partial charge in [-0.25, -0.2) is 0 Å². The van der Waals surface area contributed by atoms with Crippen molar-refractivity contribution in [3.63, 3.8) is 0 Å². The monoisotopic (exact) mass is 282 g/mol. The van der Waals surface area contributed by atoms with Crippen molar-refractivity contribution in [1.29, 1.82) is 0 Å². The third kappa shape index (κ3) is 2.00. The highest BCUT2D eigenvalue weighted by Crippen LogP contribution is 2.58. The lowest BCUT2D eigenvalue weighted by atomic mass is 9.46. The number of nitrogens with zero attached hydrogens (tertiary/aromatic N) is 1. The first-order chi connectivity index (χ1) is 9.28. The average Bonchev–Trinajstić information content (AvgIpc) is 2.45. The second-order valence-electron chi connectivity index (χ2n) is 7.18. The number of nitrogens with two attached hydrogens (primary N) is 1. The summed E-state index contributed by atoms with van der Waals surface area (Å²) in [6.45, 7) is 9.21. The maximum absolute atomic E-state index is 13.0. The fraction of sp³-hybridized carbons (Fsp3) is 0.938. The zero-order valence-corrected chi connectivity index (χ0v) is 13.6. The molecule has 116 valence electrons. The number of fused-ring (bicyclic) bond motifs is 1. The number of ether oxygens (including phenoxy) is 1. The molecule has 1 amide bonds. The van der Waals surface area contributed by atoms with Gasteiger partial charge < -0.3 is 15.4 Å². The summed E-state index contributed by atoms with van der Waals surface area (Å²) in [5.41, 5.74) is 5.59. The van der Waals surface area contributed by atoms with E-state index in [1.54, 1.807) is 0 Å². The summed E-state index contributed by atoms with van der Waals surface area (Å²) >= 11 is 0. The molecule has 2 fully saturated rings. The van der Waals surface area contributed by atoms with Crippen molar-refractivity contribution in [3.05, 3.63) is 0 Å². The largest absolute Gasteiger partial charge is 0.377 e. The number of amides is 1. The highest BCUT2D eigenvalue weighted by molar-refractivity contribution is 5.89. The van der Waals surface area contributed by atoms with Gasteiger partial charge in [-0.3, -0.25) is 4.79 Å². The Labute approximate surface area is 123 Å². The summed E-state index contributed by atoms with van der Waals surface area (Å²) < 4.78 is 5.87. The minimum absolute atomic E-state index is 0.0928. The van der Waals surface area contributed by atoms with Crippen molar-refractivity contribution in [3.8, 4) is 0 Å². The highest BCUT2D eigenvalue weighted by Gasteiger charge is 2.70. The molecule has 1 aliphatic heterocycles. The molecule has 1 heterocycles. The van der Waals surface area contributed by atoms with Crippen molar-refractivity contribution in [2.24, 2.45) is 17.1 Å². The van der Waals surface area contributed by atoms with E-state index in [4.69, 9.17) is 10.5 Å². The van der Waals surface area contributed by atoms with E-state index in [0.717, 1.165) is 32.3 Å². The summed E-state index contributed by atoms with van der Waals surface area (Å²) in [6, 6.07) is 0.243. The number of carbonyl (C=O) groups is 1. The molecule has 0 aromatic carbocycles. The van der Waals surface area contributed by atoms with Crippen molar-refractivity contribution in [2.75, 3.05) is 13.7 Å². The third-order valence-corrected chi connectivity index (χ3v) is 5.73. The van der Waals surface area contributed by atoms with Gasteiger partial charge in [-0.2, -0.15) is 0 Å². The van der Waals surface area contributed by atoms with Gasteiger partial charge >= 0.3 is 0 Å².